The highest BCUT2D eigenvalue weighted by Gasteiger charge is 2.24. The van der Waals surface area contributed by atoms with Gasteiger partial charge < -0.3 is 10.2 Å². The lowest BCUT2D eigenvalue weighted by Crippen LogP contribution is -2.06. The van der Waals surface area contributed by atoms with Crippen molar-refractivity contribution in [3.05, 3.63) is 23.3 Å². The van der Waals surface area contributed by atoms with Crippen LogP contribution in [0, 0.1) is 11.6 Å². The molecule has 0 fully saturated rings. The number of sulfone groups is 1. The van der Waals surface area contributed by atoms with Crippen LogP contribution in [-0.2, 0) is 16.4 Å². The average molecular weight is 238 g/mol. The SMILES string of the molecule is CS(=O)(=O)c1c(F)cc(CO)c(O)c1F. The summed E-state index contributed by atoms with van der Waals surface area (Å²) in [4.78, 5) is -1.20. The fourth-order valence-corrected chi connectivity index (χ4v) is 1.94. The minimum atomic E-state index is -4.10. The first-order valence-electron chi connectivity index (χ1n) is 3.79. The Labute approximate surface area is 84.7 Å². The Morgan fingerprint density at radius 1 is 1.40 bits per heavy atom. The van der Waals surface area contributed by atoms with E-state index in [0.717, 1.165) is 0 Å². The molecule has 1 aromatic carbocycles. The van der Waals surface area contributed by atoms with Crippen molar-refractivity contribution in [2.24, 2.45) is 0 Å². The van der Waals surface area contributed by atoms with Gasteiger partial charge in [0.25, 0.3) is 0 Å². The summed E-state index contributed by atoms with van der Waals surface area (Å²) in [5.74, 6) is -3.97. The Kier molecular flexibility index (Phi) is 2.96. The van der Waals surface area contributed by atoms with Crippen LogP contribution in [0.4, 0.5) is 8.78 Å². The van der Waals surface area contributed by atoms with Crippen molar-refractivity contribution in [3.63, 3.8) is 0 Å². The van der Waals surface area contributed by atoms with Gasteiger partial charge >= 0.3 is 0 Å². The van der Waals surface area contributed by atoms with Gasteiger partial charge in [-0.15, -0.1) is 0 Å². The summed E-state index contributed by atoms with van der Waals surface area (Å²) in [5, 5.41) is 17.7. The van der Waals surface area contributed by atoms with E-state index in [-0.39, 0.29) is 0 Å². The van der Waals surface area contributed by atoms with Gasteiger partial charge in [0.2, 0.25) is 0 Å². The number of hydrogen-bond donors (Lipinski definition) is 2. The summed E-state index contributed by atoms with van der Waals surface area (Å²) in [6.07, 6.45) is 0.618. The third-order valence-electron chi connectivity index (χ3n) is 1.77. The molecule has 0 saturated heterocycles. The maximum absolute atomic E-state index is 13.2. The monoisotopic (exact) mass is 238 g/mol. The van der Waals surface area contributed by atoms with Crippen molar-refractivity contribution in [1.29, 1.82) is 0 Å². The molecular formula is C8H8F2O4S. The van der Waals surface area contributed by atoms with E-state index in [2.05, 4.69) is 0 Å². The zero-order chi connectivity index (χ0) is 11.8. The lowest BCUT2D eigenvalue weighted by atomic mass is 10.2. The number of benzene rings is 1. The second-order valence-corrected chi connectivity index (χ2v) is 4.89. The van der Waals surface area contributed by atoms with Gasteiger partial charge in [0.1, 0.15) is 10.7 Å². The number of rotatable bonds is 2. The van der Waals surface area contributed by atoms with Gasteiger partial charge in [-0.05, 0) is 6.07 Å². The zero-order valence-electron chi connectivity index (χ0n) is 7.66. The van der Waals surface area contributed by atoms with Gasteiger partial charge in [-0.1, -0.05) is 0 Å². The van der Waals surface area contributed by atoms with Gasteiger partial charge in [0.05, 0.1) is 6.61 Å². The molecule has 0 radical (unpaired) electrons. The highest BCUT2D eigenvalue weighted by atomic mass is 32.2. The molecule has 0 aliphatic rings. The number of aromatic hydroxyl groups is 1. The molecule has 1 aromatic rings. The van der Waals surface area contributed by atoms with E-state index in [4.69, 9.17) is 10.2 Å². The molecule has 0 amide bonds. The molecule has 2 N–H and O–H groups in total. The molecule has 0 unspecified atom stereocenters. The lowest BCUT2D eigenvalue weighted by molar-refractivity contribution is 0.271. The first-order valence-corrected chi connectivity index (χ1v) is 5.69. The van der Waals surface area contributed by atoms with Crippen LogP contribution in [0.2, 0.25) is 0 Å². The predicted molar refractivity (Wildman–Crippen MR) is 47.1 cm³/mol. The molecule has 1 rings (SSSR count). The topological polar surface area (TPSA) is 74.6 Å². The van der Waals surface area contributed by atoms with Gasteiger partial charge in [-0.2, -0.15) is 0 Å². The van der Waals surface area contributed by atoms with Crippen molar-refractivity contribution in [1.82, 2.24) is 0 Å². The van der Waals surface area contributed by atoms with E-state index < -0.39 is 44.3 Å². The number of aliphatic hydroxyl groups excluding tert-OH is 1. The molecule has 7 heteroatoms. The van der Waals surface area contributed by atoms with Crippen molar-refractivity contribution < 1.29 is 27.4 Å². The Morgan fingerprint density at radius 3 is 2.33 bits per heavy atom. The number of halogens is 2. The maximum atomic E-state index is 13.2. The van der Waals surface area contributed by atoms with Crippen molar-refractivity contribution in [2.45, 2.75) is 11.5 Å². The summed E-state index contributed by atoms with van der Waals surface area (Å²) < 4.78 is 48.3. The molecule has 0 heterocycles. The second kappa shape index (κ2) is 3.74. The quantitative estimate of drug-likeness (QED) is 0.789. The highest BCUT2D eigenvalue weighted by Crippen LogP contribution is 2.29. The summed E-state index contributed by atoms with van der Waals surface area (Å²) in [6, 6.07) is 0.578. The van der Waals surface area contributed by atoms with E-state index in [1.165, 1.54) is 0 Å². The second-order valence-electron chi connectivity index (χ2n) is 2.94. The van der Waals surface area contributed by atoms with Crippen LogP contribution < -0.4 is 0 Å². The van der Waals surface area contributed by atoms with E-state index in [1.54, 1.807) is 0 Å². The van der Waals surface area contributed by atoms with E-state index in [1.807, 2.05) is 0 Å². The number of phenols is 1. The third kappa shape index (κ3) is 2.07. The summed E-state index contributed by atoms with van der Waals surface area (Å²) in [6.45, 7) is -0.788. The minimum absolute atomic E-state index is 0.405. The van der Waals surface area contributed by atoms with Crippen LogP contribution in [0.25, 0.3) is 0 Å². The van der Waals surface area contributed by atoms with Gasteiger partial charge in [-0.25, -0.2) is 17.2 Å². The van der Waals surface area contributed by atoms with Gasteiger partial charge in [-0.3, -0.25) is 0 Å². The molecule has 0 atom stereocenters. The van der Waals surface area contributed by atoms with Crippen LogP contribution in [0.5, 0.6) is 5.75 Å². The molecule has 84 valence electrons. The smallest absolute Gasteiger partial charge is 0.186 e. The first-order chi connectivity index (χ1) is 6.79. The Balaban J connectivity index is 3.65. The molecule has 15 heavy (non-hydrogen) atoms. The standard InChI is InChI=1S/C8H8F2O4S/c1-15(13,14)8-5(9)2-4(3-11)7(12)6(8)10/h2,11-12H,3H2,1H3. The molecule has 0 saturated carbocycles. The normalized spacial score (nSPS) is 11.7. The lowest BCUT2D eigenvalue weighted by Gasteiger charge is -2.07. The zero-order valence-corrected chi connectivity index (χ0v) is 8.48. The fraction of sp³-hybridized carbons (Fsp3) is 0.250. The molecule has 0 aliphatic carbocycles. The van der Waals surface area contributed by atoms with Crippen LogP contribution in [0.1, 0.15) is 5.56 Å². The fourth-order valence-electron chi connectivity index (χ4n) is 1.10. The largest absolute Gasteiger partial charge is 0.505 e. The third-order valence-corrected chi connectivity index (χ3v) is 2.89. The molecule has 0 aromatic heterocycles. The first kappa shape index (κ1) is 11.9. The molecular weight excluding hydrogens is 230 g/mol. The number of aliphatic hydroxyl groups is 1. The molecule has 0 bridgehead atoms. The van der Waals surface area contributed by atoms with E-state index >= 15 is 0 Å². The Hall–Kier alpha value is -1.21. The summed E-state index contributed by atoms with van der Waals surface area (Å²) in [7, 11) is -4.10. The van der Waals surface area contributed by atoms with Crippen LogP contribution in [0.3, 0.4) is 0 Å². The minimum Gasteiger partial charge on any atom is -0.505 e. The molecule has 0 spiro atoms. The Bertz CT molecular complexity index is 496. The predicted octanol–water partition coefficient (Wildman–Crippen LogP) is 0.566. The maximum Gasteiger partial charge on any atom is 0.186 e. The van der Waals surface area contributed by atoms with Crippen molar-refractivity contribution in [3.8, 4) is 5.75 Å². The molecule has 0 aliphatic heterocycles. The molecule has 4 nitrogen and oxygen atoms in total. The van der Waals surface area contributed by atoms with Gasteiger partial charge in [0, 0.05) is 11.8 Å². The summed E-state index contributed by atoms with van der Waals surface area (Å²) >= 11 is 0. The van der Waals surface area contributed by atoms with E-state index in [9.17, 15) is 17.2 Å². The summed E-state index contributed by atoms with van der Waals surface area (Å²) in [5.41, 5.74) is -0.405. The average Bonchev–Trinajstić information content (AvgIpc) is 2.09. The number of hydrogen-bond acceptors (Lipinski definition) is 4. The van der Waals surface area contributed by atoms with Crippen molar-refractivity contribution in [2.75, 3.05) is 6.26 Å². The van der Waals surface area contributed by atoms with Crippen molar-refractivity contribution >= 4 is 9.84 Å². The van der Waals surface area contributed by atoms with Crippen LogP contribution in [0.15, 0.2) is 11.0 Å². The van der Waals surface area contributed by atoms with Gasteiger partial charge in [0.15, 0.2) is 21.4 Å². The Morgan fingerprint density at radius 2 is 1.93 bits per heavy atom. The van der Waals surface area contributed by atoms with Crippen LogP contribution in [-0.4, -0.2) is 24.9 Å². The van der Waals surface area contributed by atoms with E-state index in [0.29, 0.717) is 12.3 Å². The highest BCUT2D eigenvalue weighted by molar-refractivity contribution is 7.90. The van der Waals surface area contributed by atoms with Crippen LogP contribution >= 0.6 is 0 Å².